The van der Waals surface area contributed by atoms with Crippen LogP contribution in [0.15, 0.2) is 60.7 Å². The van der Waals surface area contributed by atoms with E-state index in [9.17, 15) is 20.4 Å². The van der Waals surface area contributed by atoms with Gasteiger partial charge in [-0.25, -0.2) is 0 Å². The van der Waals surface area contributed by atoms with E-state index in [-0.39, 0.29) is 31.4 Å². The molecule has 5 N–H and O–H groups in total. The van der Waals surface area contributed by atoms with Crippen molar-refractivity contribution in [2.24, 2.45) is 0 Å². The van der Waals surface area contributed by atoms with Crippen LogP contribution in [0.4, 0.5) is 0 Å². The molecule has 0 spiro atoms. The molecule has 8 heteroatoms. The zero-order valence-electron chi connectivity index (χ0n) is 16.0. The summed E-state index contributed by atoms with van der Waals surface area (Å²) in [6.07, 6.45) is -5.05. The Morgan fingerprint density at radius 1 is 0.724 bits per heavy atom. The first-order chi connectivity index (χ1) is 13.0. The summed E-state index contributed by atoms with van der Waals surface area (Å²) in [6, 6.07) is 19.6. The van der Waals surface area contributed by atoms with Crippen LogP contribution >= 0.6 is 24.8 Å². The summed E-state index contributed by atoms with van der Waals surface area (Å²) in [5.74, 6) is 0. The Labute approximate surface area is 184 Å². The molecule has 1 aliphatic rings. The summed E-state index contributed by atoms with van der Waals surface area (Å²) in [6.45, 7) is 1.94. The molecule has 1 fully saturated rings. The second-order valence-electron chi connectivity index (χ2n) is 7.19. The molecule has 0 amide bonds. The summed E-state index contributed by atoms with van der Waals surface area (Å²) >= 11 is 0. The number of rotatable bonds is 6. The highest BCUT2D eigenvalue weighted by Gasteiger charge is 2.39. The third-order valence-electron chi connectivity index (χ3n) is 5.05. The van der Waals surface area contributed by atoms with Gasteiger partial charge in [0.2, 0.25) is 0 Å². The molecule has 6 nitrogen and oxygen atoms in total. The van der Waals surface area contributed by atoms with Crippen molar-refractivity contribution >= 4 is 24.8 Å². The first-order valence-electron chi connectivity index (χ1n) is 9.30. The minimum absolute atomic E-state index is 0. The van der Waals surface area contributed by atoms with E-state index in [2.05, 4.69) is 34.5 Å². The average molecular weight is 445 g/mol. The fourth-order valence-corrected chi connectivity index (χ4v) is 3.50. The summed E-state index contributed by atoms with van der Waals surface area (Å²) in [5.41, 5.74) is 2.30. The Balaban J connectivity index is 0.00000210. The van der Waals surface area contributed by atoms with Gasteiger partial charge in [0.15, 0.2) is 0 Å². The van der Waals surface area contributed by atoms with Gasteiger partial charge in [0.25, 0.3) is 0 Å². The first-order valence-corrected chi connectivity index (χ1v) is 9.30. The van der Waals surface area contributed by atoms with E-state index >= 15 is 0 Å². The van der Waals surface area contributed by atoms with E-state index in [1.807, 2.05) is 36.4 Å². The average Bonchev–Trinajstić information content (AvgIpc) is 2.78. The van der Waals surface area contributed by atoms with Crippen molar-refractivity contribution in [2.45, 2.75) is 43.5 Å². The number of aliphatic hydroxyl groups excluding tert-OH is 4. The van der Waals surface area contributed by atoms with E-state index < -0.39 is 30.5 Å². The van der Waals surface area contributed by atoms with E-state index in [4.69, 9.17) is 0 Å². The lowest BCUT2D eigenvalue weighted by Gasteiger charge is -2.31. The smallest absolute Gasteiger partial charge is 0.110 e. The highest BCUT2D eigenvalue weighted by molar-refractivity contribution is 5.85. The maximum atomic E-state index is 10.5. The third kappa shape index (κ3) is 7.20. The van der Waals surface area contributed by atoms with Crippen LogP contribution in [0.2, 0.25) is 0 Å². The van der Waals surface area contributed by atoms with Crippen LogP contribution in [0.1, 0.15) is 11.1 Å². The van der Waals surface area contributed by atoms with Crippen molar-refractivity contribution in [1.29, 1.82) is 0 Å². The van der Waals surface area contributed by atoms with Crippen molar-refractivity contribution in [2.75, 3.05) is 13.1 Å². The Kier molecular flexibility index (Phi) is 11.1. The maximum absolute atomic E-state index is 10.5. The molecule has 0 unspecified atom stereocenters. The zero-order valence-corrected chi connectivity index (χ0v) is 17.7. The molecule has 0 bridgehead atoms. The predicted molar refractivity (Wildman–Crippen MR) is 117 cm³/mol. The fourth-order valence-electron chi connectivity index (χ4n) is 3.50. The number of hydrogen-bond donors (Lipinski definition) is 5. The Morgan fingerprint density at radius 3 is 1.69 bits per heavy atom. The Bertz CT molecular complexity index is 654. The van der Waals surface area contributed by atoms with Crippen LogP contribution in [0, 0.1) is 0 Å². The van der Waals surface area contributed by atoms with Gasteiger partial charge < -0.3 is 25.7 Å². The first kappa shape index (κ1) is 25.8. The van der Waals surface area contributed by atoms with E-state index in [0.717, 1.165) is 11.1 Å². The summed E-state index contributed by atoms with van der Waals surface area (Å²) in [5, 5.41) is 43.5. The second-order valence-corrected chi connectivity index (χ2v) is 7.19. The van der Waals surface area contributed by atoms with E-state index in [0.29, 0.717) is 19.6 Å². The maximum Gasteiger partial charge on any atom is 0.110 e. The summed E-state index contributed by atoms with van der Waals surface area (Å²) < 4.78 is 0. The Morgan fingerprint density at radius 2 is 1.21 bits per heavy atom. The SMILES string of the molecule is Cl.Cl.O[C@H]1[C@H](O)[C@H](O)CN[C@H](CN(Cc2ccccc2)Cc2ccccc2)[C@H]1O. The lowest BCUT2D eigenvalue weighted by Crippen LogP contribution is -2.52. The molecule has 5 atom stereocenters. The largest absolute Gasteiger partial charge is 0.389 e. The van der Waals surface area contributed by atoms with Gasteiger partial charge in [-0.15, -0.1) is 24.8 Å². The van der Waals surface area contributed by atoms with Gasteiger partial charge in [-0.1, -0.05) is 60.7 Å². The van der Waals surface area contributed by atoms with Crippen LogP contribution in [-0.4, -0.2) is 68.9 Å². The topological polar surface area (TPSA) is 96.2 Å². The van der Waals surface area contributed by atoms with Crippen LogP contribution in [0.3, 0.4) is 0 Å². The van der Waals surface area contributed by atoms with Crippen LogP contribution in [0.5, 0.6) is 0 Å². The molecular formula is C21H30Cl2N2O4. The van der Waals surface area contributed by atoms with Crippen molar-refractivity contribution in [3.8, 4) is 0 Å². The monoisotopic (exact) mass is 444 g/mol. The number of aliphatic hydroxyl groups is 4. The van der Waals surface area contributed by atoms with Gasteiger partial charge in [-0.05, 0) is 11.1 Å². The quantitative estimate of drug-likeness (QED) is 0.455. The van der Waals surface area contributed by atoms with Crippen molar-refractivity contribution in [3.63, 3.8) is 0 Å². The van der Waals surface area contributed by atoms with E-state index in [1.165, 1.54) is 0 Å². The second kappa shape index (κ2) is 12.5. The molecule has 0 radical (unpaired) electrons. The van der Waals surface area contributed by atoms with Crippen LogP contribution in [-0.2, 0) is 13.1 Å². The molecular weight excluding hydrogens is 415 g/mol. The minimum Gasteiger partial charge on any atom is -0.389 e. The number of halogens is 2. The molecule has 1 saturated heterocycles. The number of hydrogen-bond acceptors (Lipinski definition) is 6. The molecule has 1 aliphatic heterocycles. The number of benzene rings is 2. The zero-order chi connectivity index (χ0) is 19.2. The van der Waals surface area contributed by atoms with Crippen molar-refractivity contribution in [1.82, 2.24) is 10.2 Å². The molecule has 2 aromatic carbocycles. The minimum atomic E-state index is -1.39. The molecule has 0 aromatic heterocycles. The molecule has 3 rings (SSSR count). The number of nitrogens with zero attached hydrogens (tertiary/aromatic N) is 1. The van der Waals surface area contributed by atoms with Crippen molar-refractivity contribution in [3.05, 3.63) is 71.8 Å². The molecule has 0 saturated carbocycles. The van der Waals surface area contributed by atoms with Gasteiger partial charge in [-0.3, -0.25) is 4.90 Å². The lowest BCUT2D eigenvalue weighted by atomic mass is 10.00. The Hall–Kier alpha value is -1.22. The van der Waals surface area contributed by atoms with Gasteiger partial charge in [-0.2, -0.15) is 0 Å². The van der Waals surface area contributed by atoms with Gasteiger partial charge >= 0.3 is 0 Å². The van der Waals surface area contributed by atoms with Crippen LogP contribution in [0.25, 0.3) is 0 Å². The third-order valence-corrected chi connectivity index (χ3v) is 5.05. The highest BCUT2D eigenvalue weighted by Crippen LogP contribution is 2.16. The molecule has 2 aromatic rings. The fraction of sp³-hybridized carbons (Fsp3) is 0.429. The normalized spacial score (nSPS) is 26.9. The van der Waals surface area contributed by atoms with Gasteiger partial charge in [0, 0.05) is 32.2 Å². The van der Waals surface area contributed by atoms with E-state index in [1.54, 1.807) is 0 Å². The van der Waals surface area contributed by atoms with Gasteiger partial charge in [0.1, 0.15) is 12.2 Å². The van der Waals surface area contributed by atoms with Crippen LogP contribution < -0.4 is 5.32 Å². The number of β-amino-alcohol motifs (C(OH)–C–C–N with tert-alkyl or cyclic N) is 1. The summed E-state index contributed by atoms with van der Waals surface area (Å²) in [7, 11) is 0. The molecule has 0 aliphatic carbocycles. The molecule has 1 heterocycles. The number of nitrogens with one attached hydrogen (secondary N) is 1. The standard InChI is InChI=1S/C21H28N2O4.2ClH/c24-18-11-22-17(19(25)21(27)20(18)26)14-23(12-15-7-3-1-4-8-15)13-16-9-5-2-6-10-16;;/h1-10,17-22,24-27H,11-14H2;2*1H/t17-,18-,19-,20-,21-;;/m1../s1. The van der Waals surface area contributed by atoms with Gasteiger partial charge in [0.05, 0.1) is 12.2 Å². The summed E-state index contributed by atoms with van der Waals surface area (Å²) in [4.78, 5) is 2.18. The molecule has 29 heavy (non-hydrogen) atoms. The van der Waals surface area contributed by atoms with Crippen molar-refractivity contribution < 1.29 is 20.4 Å². The molecule has 162 valence electrons. The predicted octanol–water partition coefficient (Wildman–Crippen LogP) is 0.948. The lowest BCUT2D eigenvalue weighted by molar-refractivity contribution is -0.0971. The highest BCUT2D eigenvalue weighted by atomic mass is 35.5.